The Kier molecular flexibility index (Phi) is 5.32. The van der Waals surface area contributed by atoms with E-state index in [4.69, 9.17) is 11.6 Å². The Morgan fingerprint density at radius 3 is 2.12 bits per heavy atom. The summed E-state index contributed by atoms with van der Waals surface area (Å²) >= 11 is 5.83. The van der Waals surface area contributed by atoms with Crippen LogP contribution >= 0.6 is 11.6 Å². The van der Waals surface area contributed by atoms with Gasteiger partial charge in [-0.15, -0.1) is 4.83 Å². The number of hydrazine groups is 1. The molecule has 2 N–H and O–H groups in total. The number of sulfonamides is 1. The number of halogens is 1. The third-order valence-electron chi connectivity index (χ3n) is 3.95. The van der Waals surface area contributed by atoms with E-state index in [2.05, 4.69) is 10.3 Å². The molecule has 0 saturated carbocycles. The Balaban J connectivity index is 2.29. The quantitative estimate of drug-likeness (QED) is 0.816. The van der Waals surface area contributed by atoms with Gasteiger partial charge in [-0.1, -0.05) is 23.7 Å². The molecule has 0 aromatic heterocycles. The van der Waals surface area contributed by atoms with Crippen LogP contribution < -0.4 is 10.3 Å². The van der Waals surface area contributed by atoms with Crippen LogP contribution in [0, 0.1) is 27.7 Å². The molecular weight excluding hydrogens is 348 g/mol. The zero-order chi connectivity index (χ0) is 18.1. The summed E-state index contributed by atoms with van der Waals surface area (Å²) < 4.78 is 25.3. The van der Waals surface area contributed by atoms with E-state index < -0.39 is 15.9 Å². The van der Waals surface area contributed by atoms with Gasteiger partial charge in [0.25, 0.3) is 15.9 Å². The number of benzene rings is 2. The molecule has 0 heterocycles. The first kappa shape index (κ1) is 18.4. The van der Waals surface area contributed by atoms with Gasteiger partial charge in [0.1, 0.15) is 0 Å². The van der Waals surface area contributed by atoms with E-state index in [1.165, 1.54) is 6.07 Å². The third kappa shape index (κ3) is 3.77. The van der Waals surface area contributed by atoms with Crippen molar-refractivity contribution in [3.63, 3.8) is 0 Å². The normalized spacial score (nSPS) is 11.4. The lowest BCUT2D eigenvalue weighted by Gasteiger charge is -2.16. The molecule has 24 heavy (non-hydrogen) atoms. The van der Waals surface area contributed by atoms with Crippen LogP contribution in [0.4, 0.5) is 0 Å². The third-order valence-corrected chi connectivity index (χ3v) is 5.71. The van der Waals surface area contributed by atoms with Gasteiger partial charge in [0.05, 0.1) is 4.90 Å². The molecule has 0 unspecified atom stereocenters. The van der Waals surface area contributed by atoms with Crippen LogP contribution in [-0.4, -0.2) is 14.3 Å². The van der Waals surface area contributed by atoms with Crippen LogP contribution in [0.1, 0.15) is 32.6 Å². The molecule has 0 atom stereocenters. The molecule has 0 saturated heterocycles. The van der Waals surface area contributed by atoms with Gasteiger partial charge in [0, 0.05) is 10.6 Å². The fourth-order valence-electron chi connectivity index (χ4n) is 2.45. The Morgan fingerprint density at radius 1 is 1.00 bits per heavy atom. The Labute approximate surface area is 147 Å². The van der Waals surface area contributed by atoms with Crippen molar-refractivity contribution in [3.05, 3.63) is 63.2 Å². The largest absolute Gasteiger partial charge is 0.273 e. The van der Waals surface area contributed by atoms with Gasteiger partial charge in [-0.05, 0) is 68.1 Å². The molecule has 2 rings (SSSR count). The van der Waals surface area contributed by atoms with Crippen molar-refractivity contribution >= 4 is 27.5 Å². The van der Waals surface area contributed by atoms with Crippen molar-refractivity contribution in [2.24, 2.45) is 0 Å². The monoisotopic (exact) mass is 366 g/mol. The highest BCUT2D eigenvalue weighted by Crippen LogP contribution is 2.25. The predicted octanol–water partition coefficient (Wildman–Crippen LogP) is 3.20. The molecule has 0 bridgehead atoms. The molecule has 0 fully saturated rings. The molecule has 2 aromatic carbocycles. The van der Waals surface area contributed by atoms with Crippen molar-refractivity contribution in [1.82, 2.24) is 10.3 Å². The number of carbonyl (C=O) groups excluding carboxylic acids is 1. The summed E-state index contributed by atoms with van der Waals surface area (Å²) in [5.74, 6) is -0.583. The minimum absolute atomic E-state index is 0.186. The van der Waals surface area contributed by atoms with Gasteiger partial charge >= 0.3 is 0 Å². The van der Waals surface area contributed by atoms with Gasteiger partial charge in [-0.25, -0.2) is 8.42 Å². The van der Waals surface area contributed by atoms with Gasteiger partial charge in [-0.3, -0.25) is 10.2 Å². The van der Waals surface area contributed by atoms with Crippen LogP contribution in [0.2, 0.25) is 5.02 Å². The molecule has 2 aromatic rings. The maximum absolute atomic E-state index is 12.6. The fraction of sp³-hybridized carbons (Fsp3) is 0.235. The maximum atomic E-state index is 12.6. The summed E-state index contributed by atoms with van der Waals surface area (Å²) in [7, 11) is -3.89. The molecule has 1 amide bonds. The number of carbonyl (C=O) groups is 1. The summed E-state index contributed by atoms with van der Waals surface area (Å²) in [5.41, 5.74) is 5.55. The Morgan fingerprint density at radius 2 is 1.58 bits per heavy atom. The van der Waals surface area contributed by atoms with Crippen molar-refractivity contribution in [1.29, 1.82) is 0 Å². The van der Waals surface area contributed by atoms with E-state index >= 15 is 0 Å². The van der Waals surface area contributed by atoms with Crippen LogP contribution in [-0.2, 0) is 10.0 Å². The van der Waals surface area contributed by atoms with E-state index in [-0.39, 0.29) is 10.5 Å². The summed E-state index contributed by atoms with van der Waals surface area (Å²) in [5, 5.41) is 0.395. The molecule has 0 aliphatic heterocycles. The summed E-state index contributed by atoms with van der Waals surface area (Å²) in [6, 6.07) is 8.18. The Bertz CT molecular complexity index is 882. The van der Waals surface area contributed by atoms with Crippen molar-refractivity contribution in [2.75, 3.05) is 0 Å². The minimum Gasteiger partial charge on any atom is -0.273 e. The molecule has 0 radical (unpaired) electrons. The molecule has 5 nitrogen and oxygen atoms in total. The zero-order valence-corrected chi connectivity index (χ0v) is 15.5. The van der Waals surface area contributed by atoms with Crippen LogP contribution in [0.15, 0.2) is 35.2 Å². The Hall–Kier alpha value is -1.89. The van der Waals surface area contributed by atoms with E-state index in [1.807, 2.05) is 19.9 Å². The molecular formula is C17H19ClN2O3S. The SMILES string of the molecule is Cc1cc(C)c(C)c(S(=O)(=O)NNC(=O)c2cccc(Cl)c2)c1C. The topological polar surface area (TPSA) is 75.3 Å². The molecule has 128 valence electrons. The van der Waals surface area contributed by atoms with E-state index in [1.54, 1.807) is 32.0 Å². The summed E-state index contributed by atoms with van der Waals surface area (Å²) in [6.07, 6.45) is 0. The highest BCUT2D eigenvalue weighted by Gasteiger charge is 2.22. The van der Waals surface area contributed by atoms with Crippen molar-refractivity contribution < 1.29 is 13.2 Å². The first-order valence-electron chi connectivity index (χ1n) is 7.28. The minimum atomic E-state index is -3.89. The van der Waals surface area contributed by atoms with Gasteiger partial charge in [0.15, 0.2) is 0 Å². The average Bonchev–Trinajstić information content (AvgIpc) is 2.51. The number of nitrogens with one attached hydrogen (secondary N) is 2. The molecule has 0 aliphatic rings. The number of hydrogen-bond acceptors (Lipinski definition) is 3. The van der Waals surface area contributed by atoms with E-state index in [9.17, 15) is 13.2 Å². The zero-order valence-electron chi connectivity index (χ0n) is 13.9. The van der Waals surface area contributed by atoms with Crippen LogP contribution in [0.3, 0.4) is 0 Å². The van der Waals surface area contributed by atoms with Gasteiger partial charge < -0.3 is 0 Å². The first-order valence-corrected chi connectivity index (χ1v) is 9.14. The van der Waals surface area contributed by atoms with Crippen LogP contribution in [0.5, 0.6) is 0 Å². The van der Waals surface area contributed by atoms with Crippen LogP contribution in [0.25, 0.3) is 0 Å². The average molecular weight is 367 g/mol. The standard InChI is InChI=1S/C17H19ClN2O3S/c1-10-8-11(2)13(4)16(12(10)3)24(22,23)20-19-17(21)14-6-5-7-15(18)9-14/h5-9,20H,1-4H3,(H,19,21). The van der Waals surface area contributed by atoms with E-state index in [0.29, 0.717) is 16.1 Å². The highest BCUT2D eigenvalue weighted by molar-refractivity contribution is 7.89. The second-order valence-corrected chi connectivity index (χ2v) is 7.72. The highest BCUT2D eigenvalue weighted by atomic mass is 35.5. The number of rotatable bonds is 4. The number of hydrogen-bond donors (Lipinski definition) is 2. The lowest BCUT2D eigenvalue weighted by molar-refractivity contribution is 0.0945. The second-order valence-electron chi connectivity index (χ2n) is 5.66. The molecule has 7 heteroatoms. The van der Waals surface area contributed by atoms with Gasteiger partial charge in [-0.2, -0.15) is 0 Å². The van der Waals surface area contributed by atoms with E-state index in [0.717, 1.165) is 11.1 Å². The lowest BCUT2D eigenvalue weighted by Crippen LogP contribution is -2.42. The fourth-order valence-corrected chi connectivity index (χ4v) is 4.10. The smallest absolute Gasteiger partial charge is 0.266 e. The number of amides is 1. The maximum Gasteiger partial charge on any atom is 0.266 e. The first-order chi connectivity index (χ1) is 11.1. The molecule has 0 spiro atoms. The van der Waals surface area contributed by atoms with Crippen molar-refractivity contribution in [2.45, 2.75) is 32.6 Å². The van der Waals surface area contributed by atoms with Gasteiger partial charge in [0.2, 0.25) is 0 Å². The lowest BCUT2D eigenvalue weighted by atomic mass is 10.0. The number of aryl methyl sites for hydroxylation is 2. The van der Waals surface area contributed by atoms with Crippen molar-refractivity contribution in [3.8, 4) is 0 Å². The predicted molar refractivity (Wildman–Crippen MR) is 94.6 cm³/mol. The summed E-state index contributed by atoms with van der Waals surface area (Å²) in [4.78, 5) is 14.4. The second kappa shape index (κ2) is 6.93. The summed E-state index contributed by atoms with van der Waals surface area (Å²) in [6.45, 7) is 7.20. The molecule has 0 aliphatic carbocycles.